The smallest absolute Gasteiger partial charge is 0.122 e. The molecule has 0 heterocycles. The van der Waals surface area contributed by atoms with E-state index < -0.39 is 8.07 Å². The first-order valence-electron chi connectivity index (χ1n) is 14.1. The van der Waals surface area contributed by atoms with Crippen molar-refractivity contribution in [3.05, 3.63) is 64.7 Å². The first-order chi connectivity index (χ1) is 16.4. The summed E-state index contributed by atoms with van der Waals surface area (Å²) in [5, 5.41) is 1.60. The predicted octanol–water partition coefficient (Wildman–Crippen LogP) is 9.07. The van der Waals surface area contributed by atoms with Crippen LogP contribution in [0.25, 0.3) is 6.08 Å². The first kappa shape index (κ1) is 26.3. The van der Waals surface area contributed by atoms with Crippen LogP contribution >= 0.6 is 0 Å². The second-order valence-electron chi connectivity index (χ2n) is 12.8. The minimum Gasteiger partial charge on any atom is -0.488 e. The number of fused-ring (bicyclic) bond motifs is 3. The normalized spacial score (nSPS) is 26.1. The molecule has 0 aliphatic heterocycles. The van der Waals surface area contributed by atoms with E-state index in [0.717, 1.165) is 0 Å². The van der Waals surface area contributed by atoms with Gasteiger partial charge in [-0.3, -0.25) is 0 Å². The maximum absolute atomic E-state index is 6.92. The molecule has 2 aliphatic rings. The van der Waals surface area contributed by atoms with Gasteiger partial charge in [0.05, 0.1) is 8.07 Å². The Bertz CT molecular complexity index is 1080. The van der Waals surface area contributed by atoms with Crippen molar-refractivity contribution in [3.63, 3.8) is 0 Å². The first-order valence-corrected chi connectivity index (χ1v) is 16.6. The van der Waals surface area contributed by atoms with Crippen LogP contribution in [0.15, 0.2) is 42.5 Å². The third kappa shape index (κ3) is 4.45. The van der Waals surface area contributed by atoms with E-state index in [-0.39, 0.29) is 5.60 Å². The van der Waals surface area contributed by atoms with E-state index in [1.54, 1.807) is 10.8 Å². The minimum absolute atomic E-state index is 0.212. The van der Waals surface area contributed by atoms with Crippen molar-refractivity contribution in [2.75, 3.05) is 0 Å². The molecule has 0 spiro atoms. The summed E-state index contributed by atoms with van der Waals surface area (Å²) >= 11 is 0. The highest BCUT2D eigenvalue weighted by Crippen LogP contribution is 2.61. The number of hydrogen-bond donors (Lipinski definition) is 0. The van der Waals surface area contributed by atoms with Crippen molar-refractivity contribution in [1.29, 1.82) is 0 Å². The number of hydrogen-bond acceptors (Lipinski definition) is 1. The van der Waals surface area contributed by atoms with Gasteiger partial charge in [-0.15, -0.1) is 0 Å². The summed E-state index contributed by atoms with van der Waals surface area (Å²) in [5.74, 6) is 4.28. The van der Waals surface area contributed by atoms with E-state index in [1.165, 1.54) is 34.5 Å². The Labute approximate surface area is 216 Å². The monoisotopic (exact) mass is 488 g/mol. The van der Waals surface area contributed by atoms with Gasteiger partial charge in [0.1, 0.15) is 11.4 Å². The third-order valence-corrected chi connectivity index (χ3v) is 15.5. The topological polar surface area (TPSA) is 9.23 Å². The zero-order valence-electron chi connectivity index (χ0n) is 23.9. The maximum Gasteiger partial charge on any atom is 0.122 e. The van der Waals surface area contributed by atoms with Crippen LogP contribution in [-0.2, 0) is 0 Å². The summed E-state index contributed by atoms with van der Waals surface area (Å²) < 4.78 is 6.92. The number of benzene rings is 2. The van der Waals surface area contributed by atoms with E-state index in [9.17, 15) is 0 Å². The summed E-state index contributed by atoms with van der Waals surface area (Å²) in [6.07, 6.45) is 5.04. The molecule has 1 nitrogen and oxygen atoms in total. The quantitative estimate of drug-likeness (QED) is 0.368. The number of ether oxygens (including phenoxy) is 1. The lowest BCUT2D eigenvalue weighted by atomic mass is 9.77. The van der Waals surface area contributed by atoms with E-state index in [4.69, 9.17) is 4.74 Å². The van der Waals surface area contributed by atoms with Crippen LogP contribution in [0.5, 0.6) is 5.75 Å². The van der Waals surface area contributed by atoms with Crippen molar-refractivity contribution in [1.82, 2.24) is 0 Å². The predicted molar refractivity (Wildman–Crippen MR) is 156 cm³/mol. The molecule has 0 aromatic heterocycles. The highest BCUT2D eigenvalue weighted by molar-refractivity contribution is 6.93. The van der Waals surface area contributed by atoms with Crippen LogP contribution in [0, 0.1) is 24.7 Å². The molecule has 0 amide bonds. The van der Waals surface area contributed by atoms with Crippen molar-refractivity contribution >= 4 is 19.3 Å². The largest absolute Gasteiger partial charge is 0.488 e. The molecule has 2 aromatic carbocycles. The van der Waals surface area contributed by atoms with Crippen LogP contribution in [0.4, 0.5) is 0 Å². The zero-order valence-corrected chi connectivity index (χ0v) is 24.9. The van der Waals surface area contributed by atoms with E-state index in [0.29, 0.717) is 35.1 Å². The van der Waals surface area contributed by atoms with E-state index in [2.05, 4.69) is 118 Å². The van der Waals surface area contributed by atoms with Gasteiger partial charge in [-0.05, 0) is 84.7 Å². The van der Waals surface area contributed by atoms with Gasteiger partial charge < -0.3 is 4.74 Å². The Morgan fingerprint density at radius 1 is 0.971 bits per heavy atom. The van der Waals surface area contributed by atoms with Gasteiger partial charge in [-0.25, -0.2) is 0 Å². The van der Waals surface area contributed by atoms with Crippen LogP contribution in [0.1, 0.15) is 96.4 Å². The van der Waals surface area contributed by atoms with Gasteiger partial charge in [-0.2, -0.15) is 0 Å². The molecule has 1 fully saturated rings. The van der Waals surface area contributed by atoms with Crippen LogP contribution < -0.4 is 9.92 Å². The lowest BCUT2D eigenvalue weighted by Crippen LogP contribution is -2.54. The average molecular weight is 489 g/mol. The van der Waals surface area contributed by atoms with E-state index in [1.807, 2.05) is 0 Å². The van der Waals surface area contributed by atoms with Gasteiger partial charge >= 0.3 is 0 Å². The van der Waals surface area contributed by atoms with Gasteiger partial charge in [0.15, 0.2) is 0 Å². The van der Waals surface area contributed by atoms with Gasteiger partial charge in [0.2, 0.25) is 0 Å². The third-order valence-electron chi connectivity index (χ3n) is 9.37. The Balaban J connectivity index is 1.95. The lowest BCUT2D eigenvalue weighted by Gasteiger charge is -2.44. The number of allylic oxidation sites excluding steroid dienone is 1. The number of rotatable bonds is 6. The Kier molecular flexibility index (Phi) is 7.19. The van der Waals surface area contributed by atoms with Gasteiger partial charge in [-0.1, -0.05) is 108 Å². The summed E-state index contributed by atoms with van der Waals surface area (Å²) in [7, 11) is -1.95. The molecule has 5 unspecified atom stereocenters. The molecule has 190 valence electrons. The second-order valence-corrected chi connectivity index (χ2v) is 17.7. The van der Waals surface area contributed by atoms with Gasteiger partial charge in [0.25, 0.3) is 0 Å². The SMILES string of the molecule is CC[Si](CC)(c1cc(C)cc(C(C)C)c1OC(C)(C)C)C1C(C)C(C)C2c3ccccc3C=CC21. The molecule has 2 aromatic rings. The molecule has 0 N–H and O–H groups in total. The summed E-state index contributed by atoms with van der Waals surface area (Å²) in [6, 6.07) is 16.6. The minimum atomic E-state index is -1.95. The highest BCUT2D eigenvalue weighted by atomic mass is 28.3. The number of aryl methyl sites for hydroxylation is 1. The van der Waals surface area contributed by atoms with Crippen molar-refractivity contribution in [3.8, 4) is 5.75 Å². The summed E-state index contributed by atoms with van der Waals surface area (Å²) in [5.41, 5.74) is 6.30. The fraction of sp³-hybridized carbons (Fsp3) is 0.576. The Morgan fingerprint density at radius 2 is 1.63 bits per heavy atom. The van der Waals surface area contributed by atoms with Crippen LogP contribution in [0.3, 0.4) is 0 Å². The fourth-order valence-electron chi connectivity index (χ4n) is 7.66. The molecular weight excluding hydrogens is 440 g/mol. The molecule has 0 radical (unpaired) electrons. The maximum atomic E-state index is 6.92. The molecule has 1 saturated carbocycles. The van der Waals surface area contributed by atoms with Crippen molar-refractivity contribution in [2.45, 2.75) is 104 Å². The second kappa shape index (κ2) is 9.58. The Morgan fingerprint density at radius 3 is 2.23 bits per heavy atom. The van der Waals surface area contributed by atoms with Gasteiger partial charge in [0, 0.05) is 0 Å². The van der Waals surface area contributed by atoms with E-state index >= 15 is 0 Å². The average Bonchev–Trinajstić information content (AvgIpc) is 3.06. The molecule has 0 saturated heterocycles. The highest BCUT2D eigenvalue weighted by Gasteiger charge is 2.56. The molecule has 2 aliphatic carbocycles. The standard InChI is InChI=1S/C33H48OSi/c1-11-35(12-2,29-20-22(5)19-28(21(3)4)31(29)34-33(8,9)10)32-24(7)23(6)30-26-16-14-13-15-25(26)17-18-27(30)32/h13-21,23-24,27,30,32H,11-12H2,1-10H3. The molecule has 2 heteroatoms. The van der Waals surface area contributed by atoms with Crippen molar-refractivity contribution in [2.24, 2.45) is 17.8 Å². The molecule has 0 bridgehead atoms. The summed E-state index contributed by atoms with van der Waals surface area (Å²) in [4.78, 5) is 0. The fourth-order valence-corrected chi connectivity index (χ4v) is 13.8. The molecular formula is C33H48OSi. The Hall–Kier alpha value is -1.80. The zero-order chi connectivity index (χ0) is 25.7. The molecule has 5 atom stereocenters. The molecule has 4 rings (SSSR count). The van der Waals surface area contributed by atoms with Crippen LogP contribution in [-0.4, -0.2) is 13.7 Å². The van der Waals surface area contributed by atoms with Crippen molar-refractivity contribution < 1.29 is 4.74 Å². The van der Waals surface area contributed by atoms with Crippen LogP contribution in [0.2, 0.25) is 17.6 Å². The lowest BCUT2D eigenvalue weighted by molar-refractivity contribution is 0.130. The molecule has 35 heavy (non-hydrogen) atoms. The summed E-state index contributed by atoms with van der Waals surface area (Å²) in [6.45, 7) is 23.6.